The molecule has 0 radical (unpaired) electrons. The van der Waals surface area contributed by atoms with E-state index in [9.17, 15) is 33.6 Å². The van der Waals surface area contributed by atoms with E-state index in [0.717, 1.165) is 83.7 Å². The van der Waals surface area contributed by atoms with Crippen LogP contribution >= 0.6 is 0 Å². The first kappa shape index (κ1) is 94.4. The fourth-order valence-electron chi connectivity index (χ4n) is 7.39. The maximum absolute atomic E-state index is 12.3. The van der Waals surface area contributed by atoms with Gasteiger partial charge in [-0.15, -0.1) is 5.92 Å². The molecule has 1 unspecified atom stereocenters. The van der Waals surface area contributed by atoms with Crippen LogP contribution in [0.4, 0.5) is 0 Å². The molecular weight excluding hydrogens is 1660 g/mol. The molecule has 1 atom stereocenters. The molecule has 1 saturated heterocycles. The van der Waals surface area contributed by atoms with Crippen LogP contribution in [0.5, 0.6) is 0 Å². The Morgan fingerprint density at radius 3 is 1.17 bits per heavy atom. The Labute approximate surface area is 552 Å². The molecule has 0 N–H and O–H groups in total. The Hall–Kier alpha value is 0.00584. The zero-order valence-electron chi connectivity index (χ0n) is 51.7. The summed E-state index contributed by atoms with van der Waals surface area (Å²) in [5, 5.41) is 0. The average molecular weight is 1780 g/mol. The third-order valence-corrected chi connectivity index (χ3v) is 11.8. The molecule has 15 heteroatoms. The van der Waals surface area contributed by atoms with Crippen LogP contribution in [0.15, 0.2) is 0 Å². The Morgan fingerprint density at radius 2 is 0.846 bits per heavy atom. The van der Waals surface area contributed by atoms with Crippen LogP contribution in [0.1, 0.15) is 280 Å². The number of nitrogens with zero attached hydrogens (tertiary/aromatic N) is 1. The van der Waals surface area contributed by atoms with Gasteiger partial charge in [-0.2, -0.15) is 38.5 Å². The van der Waals surface area contributed by atoms with Gasteiger partial charge >= 0.3 is 117 Å². The summed E-state index contributed by atoms with van der Waals surface area (Å²) in [4.78, 5) is 79.1. The Bertz CT molecular complexity index is 1170. The summed E-state index contributed by atoms with van der Waals surface area (Å²) in [5.41, 5.74) is 0. The van der Waals surface area contributed by atoms with Crippen LogP contribution in [0, 0.1) is 132 Å². The van der Waals surface area contributed by atoms with Gasteiger partial charge in [0.2, 0.25) is 0 Å². The summed E-state index contributed by atoms with van der Waals surface area (Å²) < 4.78 is 21.2. The van der Waals surface area contributed by atoms with Crippen molar-refractivity contribution in [3.05, 3.63) is 20.8 Å². The number of unbranched alkanes of at least 4 members (excludes halogenated alkanes) is 20. The zero-order valence-corrected chi connectivity index (χ0v) is 64.1. The number of rotatable bonds is 40. The van der Waals surface area contributed by atoms with Gasteiger partial charge in [-0.3, -0.25) is 38.0 Å². The normalized spacial score (nSPS) is 12.3. The van der Waals surface area contributed by atoms with Gasteiger partial charge in [-0.1, -0.05) is 177 Å². The molecule has 0 aliphatic carbocycles. The van der Waals surface area contributed by atoms with E-state index < -0.39 is 5.92 Å². The van der Waals surface area contributed by atoms with Crippen LogP contribution in [0.2, 0.25) is 0 Å². The number of esters is 4. The second-order valence-corrected chi connectivity index (χ2v) is 20.3. The third-order valence-electron chi connectivity index (χ3n) is 11.8. The maximum atomic E-state index is 12.3. The quantitative estimate of drug-likeness (QED) is 0.0248. The number of likely N-dealkylation sites (tertiary alicyclic amines) is 1. The van der Waals surface area contributed by atoms with Gasteiger partial charge < -0.3 is 59.0 Å². The van der Waals surface area contributed by atoms with E-state index in [4.69, 9.17) is 18.9 Å². The second-order valence-electron chi connectivity index (χ2n) is 20.3. The molecule has 0 spiro atoms. The van der Waals surface area contributed by atoms with Gasteiger partial charge in [-0.05, 0) is 64.0 Å². The molecule has 0 aromatic heterocycles. The number of likely N-dealkylation sites (N-methyl/N-ethyl adjacent to an activating group) is 1. The van der Waals surface area contributed by atoms with E-state index in [2.05, 4.69) is 74.3 Å². The van der Waals surface area contributed by atoms with Crippen molar-refractivity contribution < 1.29 is 146 Å². The van der Waals surface area contributed by atoms with Gasteiger partial charge in [-0.25, -0.2) is 0 Å². The molecular formula is C63H117NO11U3. The van der Waals surface area contributed by atoms with Crippen LogP contribution in [-0.2, 0) is 52.5 Å². The number of ether oxygens (including phenoxy) is 4. The fourth-order valence-corrected chi connectivity index (χ4v) is 7.39. The van der Waals surface area contributed by atoms with E-state index in [0.29, 0.717) is 25.7 Å². The van der Waals surface area contributed by atoms with Crippen LogP contribution in [0.3, 0.4) is 0 Å². The molecule has 1 heterocycles. The van der Waals surface area contributed by atoms with Crippen LogP contribution in [0.25, 0.3) is 0 Å². The largest absolute Gasteiger partial charge is 2.00 e. The van der Waals surface area contributed by atoms with Crippen molar-refractivity contribution in [2.24, 2.45) is 17.8 Å². The first-order chi connectivity index (χ1) is 36.2. The minimum Gasteiger partial charge on any atom is -0.542 e. The Kier molecular flexibility index (Phi) is 98.3. The predicted molar refractivity (Wildman–Crippen MR) is 311 cm³/mol. The molecule has 452 valence electrons. The van der Waals surface area contributed by atoms with E-state index >= 15 is 0 Å². The van der Waals surface area contributed by atoms with Crippen LogP contribution in [-0.4, -0.2) is 93.7 Å². The summed E-state index contributed by atoms with van der Waals surface area (Å²) in [6.45, 7) is 30.7. The van der Waals surface area contributed by atoms with Crippen molar-refractivity contribution in [2.45, 2.75) is 286 Å². The third kappa shape index (κ3) is 87.3. The summed E-state index contributed by atoms with van der Waals surface area (Å²) in [7, 11) is 2.07. The second kappa shape index (κ2) is 81.2. The minimum absolute atomic E-state index is 0. The smallest absolute Gasteiger partial charge is 0.542 e. The van der Waals surface area contributed by atoms with E-state index in [1.165, 1.54) is 122 Å². The molecule has 78 heavy (non-hydrogen) atoms. The molecule has 1 aliphatic heterocycles. The summed E-state index contributed by atoms with van der Waals surface area (Å²) in [6, 6.07) is 0. The summed E-state index contributed by atoms with van der Waals surface area (Å²) in [6.07, 6.45) is 40.0. The summed E-state index contributed by atoms with van der Waals surface area (Å²) in [5.74, 6) is -1.52. The van der Waals surface area contributed by atoms with Crippen LogP contribution < -0.4 is 0 Å². The first-order valence-corrected chi connectivity index (χ1v) is 29.9. The Morgan fingerprint density at radius 1 is 0.513 bits per heavy atom. The van der Waals surface area contributed by atoms with E-state index in [1.807, 2.05) is 6.92 Å². The molecule has 0 saturated carbocycles. The topological polar surface area (TPSA) is 160 Å². The fraction of sp³-hybridized carbons (Fsp3) is 0.841. The molecule has 0 amide bonds. The first-order valence-electron chi connectivity index (χ1n) is 29.9. The number of hydrogen-bond donors (Lipinski definition) is 0. The number of hydrogen-bond acceptors (Lipinski definition) is 12. The molecule has 0 bridgehead atoms. The van der Waals surface area contributed by atoms with Crippen molar-refractivity contribution in [3.63, 3.8) is 0 Å². The molecule has 1 aliphatic rings. The number of carbonyl (C=O) groups excluding carboxylic acids is 7. The standard InChI is InChI=1S/C28H52O6.C9H17NO2.2C8H17.C7H7O3.C3H7.3U/c1-5-7-9-11-13-15-18-32-26(29)21-25(23-28(31)34-20-17-24(3)4)22-27(30)33-19-16-14-12-10-8-6-2;1-8(11)12-9-5-3-4-6-10(2)7-9;2*1-3-5-7-8-6-4-2;8-4-1-7(2-5-9)3-6-10;1-3-2;;;/h24-25H,5-23H2,1-4H3;9H,3-7H2,1-2H3;2*1,3-8H2,2H3;7H,1-3H2;1,3H2,2H3;;;/q;;2*-1;-3;-1;3*+2. The minimum atomic E-state index is -0.458. The van der Waals surface area contributed by atoms with Gasteiger partial charge in [0.15, 0.2) is 0 Å². The van der Waals surface area contributed by atoms with Gasteiger partial charge in [0, 0.05) is 32.7 Å². The monoisotopic (exact) mass is 1780 g/mol. The average Bonchev–Trinajstić information content (AvgIpc) is 3.57. The van der Waals surface area contributed by atoms with Gasteiger partial charge in [0.1, 0.15) is 6.10 Å². The predicted octanol–water partition coefficient (Wildman–Crippen LogP) is 15.9. The zero-order chi connectivity index (χ0) is 57.4. The van der Waals surface area contributed by atoms with E-state index in [-0.39, 0.29) is 168 Å². The van der Waals surface area contributed by atoms with Crippen molar-refractivity contribution in [2.75, 3.05) is 40.0 Å². The number of carbonyl (C=O) groups is 4. The SMILES string of the molecule is CC(=O)OC1CCCCN(C)C1.CCCCCCCCOC(=O)CC(CC(=O)OCCCCCCCC)CC(=O)OCCC(C)C.O=[C-]CC(C[C-]=O)C[C-]=O.[CH2-]CC.[CH2-]CCCCCCC.[CH2-]CCCCCCC.[U+2].[U+2].[U+2]. The molecule has 0 aromatic carbocycles. The van der Waals surface area contributed by atoms with Crippen molar-refractivity contribution >= 4 is 42.7 Å². The Balaban J connectivity index is -0.000000151. The molecule has 1 fully saturated rings. The van der Waals surface area contributed by atoms with Gasteiger partial charge in [0.25, 0.3) is 0 Å². The van der Waals surface area contributed by atoms with Gasteiger partial charge in [0.05, 0.1) is 19.8 Å². The molecule has 12 nitrogen and oxygen atoms in total. The molecule has 0 aromatic rings. The van der Waals surface area contributed by atoms with Crippen molar-refractivity contribution in [3.8, 4) is 0 Å². The van der Waals surface area contributed by atoms with E-state index in [1.54, 1.807) is 18.9 Å². The molecule has 1 rings (SSSR count). The van der Waals surface area contributed by atoms with Crippen molar-refractivity contribution in [1.29, 1.82) is 0 Å². The summed E-state index contributed by atoms with van der Waals surface area (Å²) >= 11 is 0. The maximum Gasteiger partial charge on any atom is 2.00 e. The van der Waals surface area contributed by atoms with Crippen molar-refractivity contribution in [1.82, 2.24) is 4.90 Å².